The summed E-state index contributed by atoms with van der Waals surface area (Å²) < 4.78 is 49.5. The number of carbonyl (C=O) groups is 2. The monoisotopic (exact) mass is 508 g/mol. The summed E-state index contributed by atoms with van der Waals surface area (Å²) in [6.07, 6.45) is 0.872. The molecule has 1 spiro atoms. The molecule has 2 fully saturated rings. The molecule has 4 atom stereocenters. The first kappa shape index (κ1) is 24.3. The van der Waals surface area contributed by atoms with E-state index in [-0.39, 0.29) is 24.7 Å². The van der Waals surface area contributed by atoms with E-state index in [2.05, 4.69) is 0 Å². The third-order valence-corrected chi connectivity index (χ3v) is 7.06. The number of fused-ring (bicyclic) bond motifs is 5. The number of primary amides is 1. The summed E-state index contributed by atoms with van der Waals surface area (Å²) in [5.41, 5.74) is 2.95. The van der Waals surface area contributed by atoms with Gasteiger partial charge in [-0.25, -0.2) is 13.2 Å². The zero-order valence-electron chi connectivity index (χ0n) is 19.3. The first-order valence-corrected chi connectivity index (χ1v) is 11.3. The zero-order valence-corrected chi connectivity index (χ0v) is 19.3. The lowest BCUT2D eigenvalue weighted by Gasteiger charge is -2.41. The Bertz CT molecular complexity index is 1330. The van der Waals surface area contributed by atoms with Crippen LogP contribution in [0.1, 0.15) is 59.1 Å². The molecule has 5 rings (SSSR count). The van der Waals surface area contributed by atoms with E-state index in [1.165, 1.54) is 14.5 Å². The van der Waals surface area contributed by atoms with Gasteiger partial charge in [0.1, 0.15) is 35.3 Å². The maximum Gasteiger partial charge on any atom is 0.274 e. The Hall–Kier alpha value is -3.42. The summed E-state index contributed by atoms with van der Waals surface area (Å²) in [4.78, 5) is 45.2. The van der Waals surface area contributed by atoms with Gasteiger partial charge >= 0.3 is 0 Å². The predicted octanol–water partition coefficient (Wildman–Crippen LogP) is 1.76. The van der Waals surface area contributed by atoms with Crippen LogP contribution in [0.2, 0.25) is 0 Å². The summed E-state index contributed by atoms with van der Waals surface area (Å²) in [7, 11) is 0. The highest BCUT2D eigenvalue weighted by Crippen LogP contribution is 2.47. The minimum atomic E-state index is -1.50. The number of aromatic hydroxyl groups is 1. The molecule has 1 aromatic carbocycles. The average molecular weight is 508 g/mol. The van der Waals surface area contributed by atoms with Crippen LogP contribution in [0.15, 0.2) is 23.1 Å². The fourth-order valence-corrected chi connectivity index (χ4v) is 5.14. The number of carbonyl (C=O) groups excluding carboxylic acids is 2. The number of amides is 2. The van der Waals surface area contributed by atoms with Crippen molar-refractivity contribution >= 4 is 11.8 Å². The Labute approximate surface area is 202 Å². The molecule has 10 nitrogen and oxygen atoms in total. The maximum absolute atomic E-state index is 14.3. The van der Waals surface area contributed by atoms with Crippen LogP contribution in [-0.4, -0.2) is 56.1 Å². The van der Waals surface area contributed by atoms with Gasteiger partial charge in [-0.05, 0) is 20.3 Å². The Balaban J connectivity index is 1.60. The molecule has 13 heteroatoms. The normalized spacial score (nSPS) is 27.9. The second-order valence-corrected chi connectivity index (χ2v) is 9.25. The van der Waals surface area contributed by atoms with E-state index < -0.39 is 76.2 Å². The van der Waals surface area contributed by atoms with Crippen LogP contribution in [0.4, 0.5) is 13.2 Å². The molecule has 0 saturated carbocycles. The van der Waals surface area contributed by atoms with Crippen LogP contribution in [0, 0.1) is 17.5 Å². The first-order chi connectivity index (χ1) is 16.9. The lowest BCUT2D eigenvalue weighted by molar-refractivity contribution is -0.262. The Morgan fingerprint density at radius 3 is 2.53 bits per heavy atom. The number of halogens is 3. The number of hydrogen-bond donors (Lipinski definition) is 2. The highest BCUT2D eigenvalue weighted by Gasteiger charge is 2.57. The number of hydrogen-bond acceptors (Lipinski definition) is 7. The molecule has 0 aliphatic carbocycles. The molecular formula is C23H23F3N4O6. The molecule has 2 aromatic rings. The van der Waals surface area contributed by atoms with Crippen molar-refractivity contribution in [2.75, 3.05) is 6.54 Å². The van der Waals surface area contributed by atoms with Gasteiger partial charge in [0.05, 0.1) is 6.54 Å². The van der Waals surface area contributed by atoms with Crippen molar-refractivity contribution in [3.8, 4) is 5.75 Å². The highest BCUT2D eigenvalue weighted by molar-refractivity contribution is 5.98. The summed E-state index contributed by atoms with van der Waals surface area (Å²) >= 11 is 0. The van der Waals surface area contributed by atoms with E-state index in [1.54, 1.807) is 13.8 Å². The average Bonchev–Trinajstić information content (AvgIpc) is 3.06. The number of pyridine rings is 1. The number of nitrogens with zero attached hydrogens (tertiary/aromatic N) is 3. The summed E-state index contributed by atoms with van der Waals surface area (Å²) in [5, 5.41) is 11.8. The highest BCUT2D eigenvalue weighted by atomic mass is 19.1. The Morgan fingerprint density at radius 1 is 1.22 bits per heavy atom. The van der Waals surface area contributed by atoms with Crippen molar-refractivity contribution in [2.45, 2.75) is 57.3 Å². The number of hydroxylamine groups is 2. The van der Waals surface area contributed by atoms with Crippen LogP contribution >= 0.6 is 0 Å². The molecule has 1 unspecified atom stereocenters. The third-order valence-electron chi connectivity index (χ3n) is 7.06. The predicted molar refractivity (Wildman–Crippen MR) is 116 cm³/mol. The quantitative estimate of drug-likeness (QED) is 0.647. The Morgan fingerprint density at radius 2 is 1.89 bits per heavy atom. The number of ether oxygens (including phenoxy) is 1. The van der Waals surface area contributed by atoms with Crippen molar-refractivity contribution in [3.05, 3.63) is 62.8 Å². The molecule has 1 aromatic heterocycles. The van der Waals surface area contributed by atoms with Crippen LogP contribution in [-0.2, 0) is 16.1 Å². The van der Waals surface area contributed by atoms with Gasteiger partial charge in [0.15, 0.2) is 11.4 Å². The third kappa shape index (κ3) is 3.57. The van der Waals surface area contributed by atoms with Gasteiger partial charge in [0.2, 0.25) is 11.2 Å². The van der Waals surface area contributed by atoms with Crippen molar-refractivity contribution < 1.29 is 37.4 Å². The van der Waals surface area contributed by atoms with Gasteiger partial charge < -0.3 is 25.0 Å². The molecular weight excluding hydrogens is 485 g/mol. The largest absolute Gasteiger partial charge is 0.503 e. The molecule has 36 heavy (non-hydrogen) atoms. The van der Waals surface area contributed by atoms with E-state index in [4.69, 9.17) is 15.3 Å². The van der Waals surface area contributed by atoms with Gasteiger partial charge in [0.25, 0.3) is 11.8 Å². The van der Waals surface area contributed by atoms with E-state index in [0.29, 0.717) is 18.6 Å². The fourth-order valence-electron chi connectivity index (χ4n) is 5.14. The van der Waals surface area contributed by atoms with Crippen LogP contribution < -0.4 is 11.2 Å². The maximum atomic E-state index is 14.3. The molecule has 2 amide bonds. The molecule has 192 valence electrons. The number of aromatic nitrogens is 1. The van der Waals surface area contributed by atoms with Crippen LogP contribution in [0.5, 0.6) is 5.75 Å². The van der Waals surface area contributed by atoms with Gasteiger partial charge in [-0.15, -0.1) is 0 Å². The molecule has 0 radical (unpaired) electrons. The van der Waals surface area contributed by atoms with Gasteiger partial charge in [0, 0.05) is 42.9 Å². The minimum absolute atomic E-state index is 0.0351. The SMILES string of the molecule is CC1O[C@]2(CC[C@H](C)N3C[C@H]2n2cc(C(N)=O)c(=O)c(O)c2C3=O)ON1Cc1c(F)cc(F)cc1F. The van der Waals surface area contributed by atoms with Crippen LogP contribution in [0.25, 0.3) is 0 Å². The lowest BCUT2D eigenvalue weighted by atomic mass is 9.99. The molecule has 3 N–H and O–H groups in total. The number of benzene rings is 1. The van der Waals surface area contributed by atoms with Crippen molar-refractivity contribution in [1.82, 2.24) is 14.5 Å². The zero-order chi connectivity index (χ0) is 26.1. The number of rotatable bonds is 3. The van der Waals surface area contributed by atoms with Gasteiger partial charge in [-0.3, -0.25) is 19.2 Å². The second-order valence-electron chi connectivity index (χ2n) is 9.25. The van der Waals surface area contributed by atoms with E-state index >= 15 is 0 Å². The molecule has 2 bridgehead atoms. The molecule has 4 heterocycles. The van der Waals surface area contributed by atoms with Crippen molar-refractivity contribution in [3.63, 3.8) is 0 Å². The molecule has 2 saturated heterocycles. The van der Waals surface area contributed by atoms with Gasteiger partial charge in [-0.2, -0.15) is 5.06 Å². The standard InChI is InChI=1S/C23H23F3N4O6/c1-10-3-4-23(35-11(2)30(36-23)8-13-15(25)5-12(24)6-16(13)26)17-9-28(10)22(34)18-20(32)19(31)14(21(27)33)7-29(17)18/h5-7,10-11,17,32H,3-4,8-9H2,1-2H3,(H2,27,33)/t10-,11?,17+,23+/m0/s1. The second kappa shape index (κ2) is 8.32. The van der Waals surface area contributed by atoms with Crippen LogP contribution in [0.3, 0.4) is 0 Å². The van der Waals surface area contributed by atoms with E-state index in [1.807, 2.05) is 0 Å². The topological polar surface area (TPSA) is 127 Å². The summed E-state index contributed by atoms with van der Waals surface area (Å²) in [6, 6.07) is -0.0692. The summed E-state index contributed by atoms with van der Waals surface area (Å²) in [5.74, 6) is -7.37. The fraction of sp³-hybridized carbons (Fsp3) is 0.435. The van der Waals surface area contributed by atoms with Crippen molar-refractivity contribution in [2.24, 2.45) is 5.73 Å². The smallest absolute Gasteiger partial charge is 0.274 e. The van der Waals surface area contributed by atoms with Gasteiger partial charge in [-0.1, -0.05) is 0 Å². The molecule has 3 aliphatic heterocycles. The lowest BCUT2D eigenvalue weighted by Crippen LogP contribution is -2.53. The summed E-state index contributed by atoms with van der Waals surface area (Å²) in [6.45, 7) is 3.00. The molecule has 3 aliphatic rings. The minimum Gasteiger partial charge on any atom is -0.503 e. The first-order valence-electron chi connectivity index (χ1n) is 11.3. The van der Waals surface area contributed by atoms with E-state index in [0.717, 1.165) is 6.20 Å². The Kier molecular flexibility index (Phi) is 5.61. The number of nitrogens with two attached hydrogens (primary N) is 1. The van der Waals surface area contributed by atoms with Crippen molar-refractivity contribution in [1.29, 1.82) is 0 Å². The van der Waals surface area contributed by atoms with E-state index in [9.17, 15) is 32.7 Å².